The van der Waals surface area contributed by atoms with Gasteiger partial charge in [0.2, 0.25) is 0 Å². The lowest BCUT2D eigenvalue weighted by Crippen LogP contribution is -1.99. The van der Waals surface area contributed by atoms with E-state index in [4.69, 9.17) is 5.73 Å². The summed E-state index contributed by atoms with van der Waals surface area (Å²) in [5.41, 5.74) is 6.84. The van der Waals surface area contributed by atoms with Crippen molar-refractivity contribution < 1.29 is 8.78 Å². The van der Waals surface area contributed by atoms with E-state index in [1.54, 1.807) is 0 Å². The van der Waals surface area contributed by atoms with Crippen molar-refractivity contribution in [3.05, 3.63) is 18.2 Å². The summed E-state index contributed by atoms with van der Waals surface area (Å²) in [6.07, 6.45) is 0.225. The first kappa shape index (κ1) is 8.86. The van der Waals surface area contributed by atoms with Crippen LogP contribution in [0.25, 0.3) is 11.0 Å². The fourth-order valence-corrected chi connectivity index (χ4v) is 1.41. The Morgan fingerprint density at radius 1 is 1.43 bits per heavy atom. The average Bonchev–Trinajstić information content (AvgIpc) is 2.45. The molecule has 14 heavy (non-hydrogen) atoms. The lowest BCUT2D eigenvalue weighted by Gasteiger charge is -2.01. The van der Waals surface area contributed by atoms with Gasteiger partial charge in [0, 0.05) is 7.05 Å². The number of nitrogens with two attached hydrogens (primary N) is 1. The summed E-state index contributed by atoms with van der Waals surface area (Å²) >= 11 is 0. The Hall–Kier alpha value is -1.72. The van der Waals surface area contributed by atoms with Gasteiger partial charge >= 0.3 is 0 Å². The predicted molar refractivity (Wildman–Crippen MR) is 47.9 cm³/mol. The topological polar surface area (TPSA) is 56.7 Å². The second kappa shape index (κ2) is 2.90. The van der Waals surface area contributed by atoms with Crippen LogP contribution in [0, 0.1) is 0 Å². The van der Waals surface area contributed by atoms with Gasteiger partial charge in [0.15, 0.2) is 5.82 Å². The van der Waals surface area contributed by atoms with Crippen molar-refractivity contribution >= 4 is 16.7 Å². The Labute approximate surface area is 78.4 Å². The number of hydrogen-bond donors (Lipinski definition) is 1. The molecule has 0 unspecified atom stereocenters. The Morgan fingerprint density at radius 3 is 2.71 bits per heavy atom. The van der Waals surface area contributed by atoms with Crippen molar-refractivity contribution in [2.45, 2.75) is 6.43 Å². The Balaban J connectivity index is 2.81. The molecule has 0 saturated carbocycles. The first-order valence-electron chi connectivity index (χ1n) is 3.95. The van der Waals surface area contributed by atoms with E-state index in [-0.39, 0.29) is 5.82 Å². The highest BCUT2D eigenvalue weighted by Gasteiger charge is 2.17. The molecular weight excluding hydrogens is 190 g/mol. The largest absolute Gasteiger partial charge is 0.396 e. The van der Waals surface area contributed by atoms with E-state index in [2.05, 4.69) is 9.97 Å². The molecule has 2 N–H and O–H groups in total. The summed E-state index contributed by atoms with van der Waals surface area (Å²) in [6, 6.07) is 0. The monoisotopic (exact) mass is 198 g/mol. The van der Waals surface area contributed by atoms with Crippen LogP contribution in [-0.4, -0.2) is 14.5 Å². The second-order valence-corrected chi connectivity index (χ2v) is 2.93. The SMILES string of the molecule is Cn1c(C(F)F)nc2cncc(N)c21. The molecule has 0 aromatic carbocycles. The molecule has 0 fully saturated rings. The molecule has 6 heteroatoms. The molecule has 0 amide bonds. The number of anilines is 1. The number of halogens is 2. The highest BCUT2D eigenvalue weighted by molar-refractivity contribution is 5.86. The minimum atomic E-state index is -2.60. The molecule has 2 rings (SSSR count). The van der Waals surface area contributed by atoms with Gasteiger partial charge in [0.05, 0.1) is 23.6 Å². The molecule has 0 saturated heterocycles. The fourth-order valence-electron chi connectivity index (χ4n) is 1.41. The van der Waals surface area contributed by atoms with Crippen LogP contribution in [-0.2, 0) is 7.05 Å². The van der Waals surface area contributed by atoms with Crippen molar-refractivity contribution in [3.63, 3.8) is 0 Å². The van der Waals surface area contributed by atoms with Crippen LogP contribution in [0.2, 0.25) is 0 Å². The lowest BCUT2D eigenvalue weighted by atomic mass is 10.3. The summed E-state index contributed by atoms with van der Waals surface area (Å²) in [5, 5.41) is 0. The number of aromatic nitrogens is 3. The van der Waals surface area contributed by atoms with E-state index in [9.17, 15) is 8.78 Å². The van der Waals surface area contributed by atoms with Gasteiger partial charge in [-0.1, -0.05) is 0 Å². The number of pyridine rings is 1. The van der Waals surface area contributed by atoms with E-state index in [0.29, 0.717) is 16.7 Å². The minimum absolute atomic E-state index is 0.292. The molecule has 74 valence electrons. The molecule has 2 aromatic rings. The number of hydrogen-bond acceptors (Lipinski definition) is 3. The van der Waals surface area contributed by atoms with Crippen molar-refractivity contribution in [2.75, 3.05) is 5.73 Å². The maximum atomic E-state index is 12.5. The number of rotatable bonds is 1. The molecule has 0 aliphatic rings. The molecule has 2 heterocycles. The van der Waals surface area contributed by atoms with Gasteiger partial charge in [-0.15, -0.1) is 0 Å². The number of aryl methyl sites for hydroxylation is 1. The Kier molecular flexibility index (Phi) is 1.83. The molecule has 0 aliphatic carbocycles. The van der Waals surface area contributed by atoms with E-state index in [0.717, 1.165) is 0 Å². The Morgan fingerprint density at radius 2 is 2.14 bits per heavy atom. The van der Waals surface area contributed by atoms with Gasteiger partial charge in [-0.3, -0.25) is 4.98 Å². The molecule has 0 radical (unpaired) electrons. The zero-order valence-electron chi connectivity index (χ0n) is 7.41. The second-order valence-electron chi connectivity index (χ2n) is 2.93. The number of nitrogen functional groups attached to an aromatic ring is 1. The van der Waals surface area contributed by atoms with Crippen LogP contribution >= 0.6 is 0 Å². The minimum Gasteiger partial charge on any atom is -0.396 e. The quantitative estimate of drug-likeness (QED) is 0.755. The highest BCUT2D eigenvalue weighted by Crippen LogP contribution is 2.25. The molecule has 0 aliphatic heterocycles. The van der Waals surface area contributed by atoms with Crippen LogP contribution < -0.4 is 5.73 Å². The lowest BCUT2D eigenvalue weighted by molar-refractivity contribution is 0.137. The van der Waals surface area contributed by atoms with Crippen molar-refractivity contribution in [1.29, 1.82) is 0 Å². The summed E-state index contributed by atoms with van der Waals surface area (Å²) < 4.78 is 26.2. The molecule has 0 bridgehead atoms. The zero-order chi connectivity index (χ0) is 10.3. The first-order valence-corrected chi connectivity index (χ1v) is 3.95. The van der Waals surface area contributed by atoms with Crippen molar-refractivity contribution in [1.82, 2.24) is 14.5 Å². The van der Waals surface area contributed by atoms with Crippen LogP contribution in [0.4, 0.5) is 14.5 Å². The number of alkyl halides is 2. The van der Waals surface area contributed by atoms with Crippen LogP contribution in [0.5, 0.6) is 0 Å². The summed E-state index contributed by atoms with van der Waals surface area (Å²) in [4.78, 5) is 7.52. The molecular formula is C8H8F2N4. The van der Waals surface area contributed by atoms with Gasteiger partial charge in [-0.05, 0) is 0 Å². The summed E-state index contributed by atoms with van der Waals surface area (Å²) in [5.74, 6) is -0.292. The third-order valence-corrected chi connectivity index (χ3v) is 2.04. The normalized spacial score (nSPS) is 11.4. The van der Waals surface area contributed by atoms with Gasteiger partial charge in [0.25, 0.3) is 6.43 Å². The average molecular weight is 198 g/mol. The van der Waals surface area contributed by atoms with Crippen LogP contribution in [0.1, 0.15) is 12.2 Å². The molecule has 2 aromatic heterocycles. The summed E-state index contributed by atoms with van der Waals surface area (Å²) in [6.45, 7) is 0. The van der Waals surface area contributed by atoms with Gasteiger partial charge < -0.3 is 10.3 Å². The molecule has 4 nitrogen and oxygen atoms in total. The molecule has 0 spiro atoms. The maximum absolute atomic E-state index is 12.5. The Bertz CT molecular complexity index is 477. The van der Waals surface area contributed by atoms with E-state index in [1.807, 2.05) is 0 Å². The van der Waals surface area contributed by atoms with Crippen molar-refractivity contribution in [2.24, 2.45) is 7.05 Å². The van der Waals surface area contributed by atoms with Crippen molar-refractivity contribution in [3.8, 4) is 0 Å². The maximum Gasteiger partial charge on any atom is 0.295 e. The highest BCUT2D eigenvalue weighted by atomic mass is 19.3. The van der Waals surface area contributed by atoms with E-state index < -0.39 is 6.43 Å². The van der Waals surface area contributed by atoms with E-state index >= 15 is 0 Å². The third kappa shape index (κ3) is 1.11. The van der Waals surface area contributed by atoms with Gasteiger partial charge in [0.1, 0.15) is 5.52 Å². The van der Waals surface area contributed by atoms with Crippen LogP contribution in [0.15, 0.2) is 12.4 Å². The molecule has 0 atom stereocenters. The predicted octanol–water partition coefficient (Wildman–Crippen LogP) is 1.49. The fraction of sp³-hybridized carbons (Fsp3) is 0.250. The third-order valence-electron chi connectivity index (χ3n) is 2.04. The van der Waals surface area contributed by atoms with Gasteiger partial charge in [-0.2, -0.15) is 0 Å². The van der Waals surface area contributed by atoms with Crippen LogP contribution in [0.3, 0.4) is 0 Å². The zero-order valence-corrected chi connectivity index (χ0v) is 7.41. The first-order chi connectivity index (χ1) is 6.61. The van der Waals surface area contributed by atoms with Gasteiger partial charge in [-0.25, -0.2) is 13.8 Å². The van der Waals surface area contributed by atoms with E-state index in [1.165, 1.54) is 24.0 Å². The number of nitrogens with zero attached hydrogens (tertiary/aromatic N) is 3. The smallest absolute Gasteiger partial charge is 0.295 e. The summed E-state index contributed by atoms with van der Waals surface area (Å²) in [7, 11) is 1.51. The number of fused-ring (bicyclic) bond motifs is 1. The number of imidazole rings is 1. The standard InChI is InChI=1S/C8H8F2N4/c1-14-6-4(11)2-12-3-5(6)13-8(14)7(9)10/h2-3,7H,11H2,1H3.